The van der Waals surface area contributed by atoms with Gasteiger partial charge in [-0.2, -0.15) is 8.78 Å². The minimum absolute atomic E-state index is 0.0285. The highest BCUT2D eigenvalue weighted by Gasteiger charge is 2.21. The van der Waals surface area contributed by atoms with Crippen molar-refractivity contribution in [2.75, 3.05) is 13.2 Å². The molecule has 8 nitrogen and oxygen atoms in total. The Morgan fingerprint density at radius 3 is 1.01 bits per heavy atom. The summed E-state index contributed by atoms with van der Waals surface area (Å²) in [6.07, 6.45) is 31.0. The van der Waals surface area contributed by atoms with Gasteiger partial charge in [0.15, 0.2) is 34.6 Å². The van der Waals surface area contributed by atoms with Crippen molar-refractivity contribution in [2.45, 2.75) is 215 Å². The normalized spacial score (nSPS) is 10.9. The van der Waals surface area contributed by atoms with E-state index < -0.39 is 46.9 Å². The number of rotatable bonds is 40. The molecule has 0 atom stereocenters. The van der Waals surface area contributed by atoms with Crippen LogP contribution in [0, 0.1) is 36.0 Å². The van der Waals surface area contributed by atoms with Crippen LogP contribution in [0.15, 0.2) is 188 Å². The highest BCUT2D eigenvalue weighted by molar-refractivity contribution is 5.93. The first kappa shape index (κ1) is 82.9. The Hall–Kier alpha value is -9.36. The van der Waals surface area contributed by atoms with E-state index in [2.05, 4.69) is 58.9 Å². The third-order valence-corrected chi connectivity index (χ3v) is 18.4. The number of benzene rings is 9. The summed E-state index contributed by atoms with van der Waals surface area (Å²) in [5.74, 6) is -5.67. The maximum atomic E-state index is 14.4. The number of hydrogen-bond donors (Lipinski definition) is 0. The quantitative estimate of drug-likeness (QED) is 0.0162. The molecule has 0 aliphatic carbocycles. The van der Waals surface area contributed by atoms with Crippen LogP contribution in [0.2, 0.25) is 0 Å². The molecule has 0 bridgehead atoms. The second-order valence-electron chi connectivity index (χ2n) is 27.0. The first-order valence-electron chi connectivity index (χ1n) is 38.3. The fraction of sp³-hybridized carbons (Fsp3) is 0.380. The van der Waals surface area contributed by atoms with Crippen LogP contribution in [0.4, 0.5) is 22.0 Å². The van der Waals surface area contributed by atoms with E-state index in [0.717, 1.165) is 142 Å². The van der Waals surface area contributed by atoms with Crippen molar-refractivity contribution in [1.29, 1.82) is 0 Å². The SMILES string of the molecule is CCCCCCCCOc1ccc(-c2ccc(C(=O)Oc3ccc(CCCCC)cc3F)cc2)cc1.CCCCCCCCOc1ccc(OC(=O)c2ccc(-c3ccc(C)c(F)c3)cc2)c(F)c1F.CCCCCCCCc1ccc(-c2ccc(C(=O)Oc3ccc(CCCCC)cc3F)cc2)cc1. The molecule has 0 aliphatic rings. The zero-order valence-electron chi connectivity index (χ0n) is 62.6. The number of carbonyl (C=O) groups excluding carboxylic acids is 3. The molecule has 0 saturated heterocycles. The lowest BCUT2D eigenvalue weighted by Crippen LogP contribution is -2.10. The number of esters is 3. The van der Waals surface area contributed by atoms with E-state index in [0.29, 0.717) is 34.4 Å². The maximum absolute atomic E-state index is 14.4. The molecule has 0 N–H and O–H groups in total. The fourth-order valence-electron chi connectivity index (χ4n) is 11.9. The topological polar surface area (TPSA) is 97.4 Å². The van der Waals surface area contributed by atoms with Crippen molar-refractivity contribution < 1.29 is 60.0 Å². The molecule has 0 heterocycles. The molecular formula is C92H107F5O8. The Balaban J connectivity index is 0.000000220. The predicted octanol–water partition coefficient (Wildman–Crippen LogP) is 26.6. The van der Waals surface area contributed by atoms with Crippen LogP contribution in [0.1, 0.15) is 242 Å². The van der Waals surface area contributed by atoms with Gasteiger partial charge in [0.05, 0.1) is 29.9 Å². The maximum Gasteiger partial charge on any atom is 0.343 e. The first-order chi connectivity index (χ1) is 51.1. The van der Waals surface area contributed by atoms with E-state index in [1.54, 1.807) is 67.6 Å². The van der Waals surface area contributed by atoms with Crippen LogP contribution < -0.4 is 23.7 Å². The molecule has 13 heteroatoms. The minimum atomic E-state index is -1.28. The monoisotopic (exact) mass is 1430 g/mol. The molecule has 105 heavy (non-hydrogen) atoms. The van der Waals surface area contributed by atoms with E-state index in [-0.39, 0.29) is 28.6 Å². The van der Waals surface area contributed by atoms with Crippen molar-refractivity contribution in [3.05, 3.63) is 256 Å². The van der Waals surface area contributed by atoms with Crippen molar-refractivity contribution in [3.8, 4) is 62.1 Å². The van der Waals surface area contributed by atoms with Gasteiger partial charge in [0.1, 0.15) is 11.6 Å². The van der Waals surface area contributed by atoms with Crippen LogP contribution in [-0.2, 0) is 19.3 Å². The Labute approximate surface area is 621 Å². The Bertz CT molecular complexity index is 4040. The Morgan fingerprint density at radius 1 is 0.276 bits per heavy atom. The van der Waals surface area contributed by atoms with E-state index in [1.165, 1.54) is 125 Å². The lowest BCUT2D eigenvalue weighted by Gasteiger charge is -2.11. The summed E-state index contributed by atoms with van der Waals surface area (Å²) in [5.41, 5.74) is 10.2. The Kier molecular flexibility index (Phi) is 36.7. The summed E-state index contributed by atoms with van der Waals surface area (Å²) in [6.45, 7) is 13.6. The number of aryl methyl sites for hydroxylation is 4. The third kappa shape index (κ3) is 28.6. The van der Waals surface area contributed by atoms with Gasteiger partial charge < -0.3 is 23.7 Å². The van der Waals surface area contributed by atoms with Gasteiger partial charge in [-0.05, 0) is 205 Å². The fourth-order valence-corrected chi connectivity index (χ4v) is 11.9. The highest BCUT2D eigenvalue weighted by atomic mass is 19.2. The summed E-state index contributed by atoms with van der Waals surface area (Å²) in [4.78, 5) is 37.5. The average molecular weight is 1440 g/mol. The third-order valence-electron chi connectivity index (χ3n) is 18.4. The molecule has 9 aromatic rings. The Morgan fingerprint density at radius 2 is 0.581 bits per heavy atom. The lowest BCUT2D eigenvalue weighted by atomic mass is 10.00. The second-order valence-corrected chi connectivity index (χ2v) is 27.0. The molecule has 0 fully saturated rings. The molecule has 0 saturated carbocycles. The smallest absolute Gasteiger partial charge is 0.343 e. The van der Waals surface area contributed by atoms with Gasteiger partial charge in [0, 0.05) is 0 Å². The zero-order valence-corrected chi connectivity index (χ0v) is 62.6. The average Bonchev–Trinajstić information content (AvgIpc) is 0.836. The number of ether oxygens (including phenoxy) is 5. The number of carbonyl (C=O) groups is 3. The van der Waals surface area contributed by atoms with Gasteiger partial charge in [-0.1, -0.05) is 254 Å². The van der Waals surface area contributed by atoms with E-state index in [4.69, 9.17) is 23.7 Å². The summed E-state index contributed by atoms with van der Waals surface area (Å²) >= 11 is 0. The van der Waals surface area contributed by atoms with Crippen molar-refractivity contribution >= 4 is 17.9 Å². The molecule has 558 valence electrons. The van der Waals surface area contributed by atoms with Crippen LogP contribution in [-0.4, -0.2) is 31.1 Å². The van der Waals surface area contributed by atoms with Crippen molar-refractivity contribution in [2.24, 2.45) is 0 Å². The summed E-state index contributed by atoms with van der Waals surface area (Å²) < 4.78 is 98.4. The molecule has 0 radical (unpaired) electrons. The molecule has 9 aromatic carbocycles. The molecule has 0 amide bonds. The van der Waals surface area contributed by atoms with Crippen molar-refractivity contribution in [3.63, 3.8) is 0 Å². The van der Waals surface area contributed by atoms with Gasteiger partial charge >= 0.3 is 17.9 Å². The van der Waals surface area contributed by atoms with Crippen LogP contribution in [0.25, 0.3) is 33.4 Å². The van der Waals surface area contributed by atoms with Crippen LogP contribution in [0.5, 0.6) is 28.7 Å². The minimum Gasteiger partial charge on any atom is -0.494 e. The summed E-state index contributed by atoms with van der Waals surface area (Å²) in [6, 6.07) is 54.3. The first-order valence-corrected chi connectivity index (χ1v) is 38.3. The summed E-state index contributed by atoms with van der Waals surface area (Å²) in [7, 11) is 0. The second kappa shape index (κ2) is 46.5. The summed E-state index contributed by atoms with van der Waals surface area (Å²) in [5, 5.41) is 0. The van der Waals surface area contributed by atoms with Gasteiger partial charge in [-0.3, -0.25) is 0 Å². The van der Waals surface area contributed by atoms with E-state index in [1.807, 2.05) is 60.7 Å². The van der Waals surface area contributed by atoms with Crippen LogP contribution in [0.3, 0.4) is 0 Å². The van der Waals surface area contributed by atoms with Gasteiger partial charge in [-0.15, -0.1) is 0 Å². The molecular weight excluding hydrogens is 1330 g/mol. The molecule has 0 unspecified atom stereocenters. The van der Waals surface area contributed by atoms with E-state index >= 15 is 0 Å². The highest BCUT2D eigenvalue weighted by Crippen LogP contribution is 2.32. The predicted molar refractivity (Wildman–Crippen MR) is 416 cm³/mol. The number of unbranched alkanes of at least 4 members (excludes halogenated alkanes) is 19. The van der Waals surface area contributed by atoms with E-state index in [9.17, 15) is 36.3 Å². The van der Waals surface area contributed by atoms with Gasteiger partial charge in [0.2, 0.25) is 11.6 Å². The number of hydrogen-bond acceptors (Lipinski definition) is 8. The van der Waals surface area contributed by atoms with Gasteiger partial charge in [-0.25, -0.2) is 27.6 Å². The van der Waals surface area contributed by atoms with Crippen molar-refractivity contribution in [1.82, 2.24) is 0 Å². The zero-order chi connectivity index (χ0) is 75.0. The molecule has 0 spiro atoms. The van der Waals surface area contributed by atoms with Gasteiger partial charge in [0.25, 0.3) is 0 Å². The molecule has 9 rings (SSSR count). The molecule has 0 aliphatic heterocycles. The van der Waals surface area contributed by atoms with Crippen LogP contribution >= 0.6 is 0 Å². The molecule has 0 aromatic heterocycles. The number of halogens is 5. The largest absolute Gasteiger partial charge is 0.494 e. The lowest BCUT2D eigenvalue weighted by molar-refractivity contribution is 0.0717. The standard InChI is InChI=1S/C32H39FO3.C32H39FO2.C28H29F3O3/c1-3-5-7-8-9-11-23-35-29-20-18-27(19-21-29)26-14-16-28(17-15-26)32(34)36-31-22-13-25(24-30(31)33)12-10-6-4-2;1-3-5-7-8-9-11-12-25-14-17-27(18-15-25)28-19-21-29(22-20-28)32(34)35-31-23-16-26(24-30(31)33)13-10-6-4-2;1-3-4-5-6-7-8-17-33-24-15-16-25(27(31)26(24)30)34-28(32)21-13-11-20(12-14-21)22-10-9-19(2)23(29)18-22/h13-22,24H,3-12,23H2,1-2H3;14-24H,3-13H2,1-2H3;9-16,18H,3-8,17H2,1-2H3.